The molecule has 0 aliphatic carbocycles. The summed E-state index contributed by atoms with van der Waals surface area (Å²) in [6, 6.07) is 10.9. The zero-order valence-electron chi connectivity index (χ0n) is 10.4. The molecule has 0 spiro atoms. The molecule has 0 saturated carbocycles. The number of nitrogens with zero attached hydrogens (tertiary/aromatic N) is 1. The van der Waals surface area contributed by atoms with Crippen molar-refractivity contribution in [2.45, 2.75) is 32.6 Å². The van der Waals surface area contributed by atoms with E-state index in [0.29, 0.717) is 0 Å². The highest BCUT2D eigenvalue weighted by Crippen LogP contribution is 2.21. The molecule has 88 valence electrons. The van der Waals surface area contributed by atoms with Gasteiger partial charge in [0.1, 0.15) is 0 Å². The Kier molecular flexibility index (Phi) is 4.41. The summed E-state index contributed by atoms with van der Waals surface area (Å²) < 4.78 is 0. The van der Waals surface area contributed by atoms with Gasteiger partial charge in [-0.3, -0.25) is 0 Å². The maximum Gasteiger partial charge on any atom is -0.00160 e. The zero-order chi connectivity index (χ0) is 11.2. The van der Waals surface area contributed by atoms with Gasteiger partial charge < -0.3 is 4.90 Å². The molecule has 1 aromatic carbocycles. The summed E-state index contributed by atoms with van der Waals surface area (Å²) in [6.45, 7) is 6.19. The van der Waals surface area contributed by atoms with E-state index in [1.165, 1.54) is 50.9 Å². The average molecular weight is 217 g/mol. The normalized spacial score (nSPS) is 18.8. The monoisotopic (exact) mass is 217 g/mol. The number of likely N-dealkylation sites (tertiary alicyclic amines) is 1. The van der Waals surface area contributed by atoms with E-state index in [-0.39, 0.29) is 0 Å². The molecule has 0 amide bonds. The van der Waals surface area contributed by atoms with E-state index in [1.807, 2.05) is 0 Å². The Bertz CT molecular complexity index is 286. The summed E-state index contributed by atoms with van der Waals surface area (Å²) >= 11 is 0. The Hall–Kier alpha value is -0.820. The fourth-order valence-electron chi connectivity index (χ4n) is 2.68. The van der Waals surface area contributed by atoms with Gasteiger partial charge in [0.25, 0.3) is 0 Å². The molecule has 0 atom stereocenters. The number of benzene rings is 1. The number of hydrogen-bond acceptors (Lipinski definition) is 1. The van der Waals surface area contributed by atoms with Crippen molar-refractivity contribution >= 4 is 0 Å². The Morgan fingerprint density at radius 3 is 2.44 bits per heavy atom. The molecule has 16 heavy (non-hydrogen) atoms. The van der Waals surface area contributed by atoms with E-state index in [1.54, 1.807) is 0 Å². The molecule has 1 heteroatoms. The lowest BCUT2D eigenvalue weighted by Gasteiger charge is -2.31. The van der Waals surface area contributed by atoms with Crippen molar-refractivity contribution in [3.63, 3.8) is 0 Å². The molecule has 1 fully saturated rings. The van der Waals surface area contributed by atoms with Gasteiger partial charge >= 0.3 is 0 Å². The molecular weight excluding hydrogens is 194 g/mol. The van der Waals surface area contributed by atoms with E-state index in [0.717, 1.165) is 5.92 Å². The average Bonchev–Trinajstić information content (AvgIpc) is 2.33. The summed E-state index contributed by atoms with van der Waals surface area (Å²) in [5, 5.41) is 0. The van der Waals surface area contributed by atoms with Crippen molar-refractivity contribution in [1.29, 1.82) is 0 Å². The highest BCUT2D eigenvalue weighted by atomic mass is 15.1. The Morgan fingerprint density at radius 1 is 1.12 bits per heavy atom. The lowest BCUT2D eigenvalue weighted by Crippen LogP contribution is -2.34. The van der Waals surface area contributed by atoms with Crippen molar-refractivity contribution < 1.29 is 0 Å². The molecular formula is C15H23N. The van der Waals surface area contributed by atoms with Crippen molar-refractivity contribution in [2.24, 2.45) is 5.92 Å². The first-order chi connectivity index (χ1) is 7.88. The molecule has 0 radical (unpaired) electrons. The standard InChI is InChI=1S/C15H23N/c1-2-10-16-11-8-15(9-12-16)13-14-6-4-3-5-7-14/h3-7,15H,2,8-13H2,1H3. The first-order valence-corrected chi connectivity index (χ1v) is 6.64. The number of hydrogen-bond donors (Lipinski definition) is 0. The number of rotatable bonds is 4. The summed E-state index contributed by atoms with van der Waals surface area (Å²) in [6.07, 6.45) is 5.34. The smallest absolute Gasteiger partial charge is 0.00160 e. The van der Waals surface area contributed by atoms with Crippen molar-refractivity contribution in [1.82, 2.24) is 4.90 Å². The van der Waals surface area contributed by atoms with Crippen LogP contribution in [0.5, 0.6) is 0 Å². The molecule has 0 aromatic heterocycles. The molecule has 1 aliphatic rings. The predicted molar refractivity (Wildman–Crippen MR) is 69.6 cm³/mol. The van der Waals surface area contributed by atoms with Crippen LogP contribution in [0.15, 0.2) is 30.3 Å². The van der Waals surface area contributed by atoms with E-state index in [9.17, 15) is 0 Å². The predicted octanol–water partition coefficient (Wildman–Crippen LogP) is 3.35. The quantitative estimate of drug-likeness (QED) is 0.747. The van der Waals surface area contributed by atoms with Gasteiger partial charge in [0.15, 0.2) is 0 Å². The van der Waals surface area contributed by atoms with Crippen LogP contribution >= 0.6 is 0 Å². The van der Waals surface area contributed by atoms with Crippen LogP contribution in [0.4, 0.5) is 0 Å². The molecule has 1 nitrogen and oxygen atoms in total. The van der Waals surface area contributed by atoms with Crippen molar-refractivity contribution in [3.05, 3.63) is 35.9 Å². The van der Waals surface area contributed by atoms with Crippen LogP contribution in [0, 0.1) is 5.92 Å². The van der Waals surface area contributed by atoms with E-state index >= 15 is 0 Å². The zero-order valence-corrected chi connectivity index (χ0v) is 10.4. The van der Waals surface area contributed by atoms with Crippen LogP contribution in [-0.4, -0.2) is 24.5 Å². The van der Waals surface area contributed by atoms with Crippen LogP contribution in [0.1, 0.15) is 31.7 Å². The highest BCUT2D eigenvalue weighted by molar-refractivity contribution is 5.15. The summed E-state index contributed by atoms with van der Waals surface area (Å²) in [5.41, 5.74) is 1.51. The SMILES string of the molecule is CCCN1CCC(Cc2ccccc2)CC1. The Morgan fingerprint density at radius 2 is 1.81 bits per heavy atom. The highest BCUT2D eigenvalue weighted by Gasteiger charge is 2.18. The lowest BCUT2D eigenvalue weighted by molar-refractivity contribution is 0.184. The molecule has 1 aromatic rings. The minimum atomic E-state index is 0.913. The van der Waals surface area contributed by atoms with Crippen LogP contribution in [0.25, 0.3) is 0 Å². The molecule has 0 unspecified atom stereocenters. The summed E-state index contributed by atoms with van der Waals surface area (Å²) in [7, 11) is 0. The summed E-state index contributed by atoms with van der Waals surface area (Å²) in [5.74, 6) is 0.913. The van der Waals surface area contributed by atoms with Crippen LogP contribution in [0.3, 0.4) is 0 Å². The molecule has 1 heterocycles. The lowest BCUT2D eigenvalue weighted by atomic mass is 9.90. The van der Waals surface area contributed by atoms with E-state index in [4.69, 9.17) is 0 Å². The molecule has 2 rings (SSSR count). The maximum atomic E-state index is 2.61. The van der Waals surface area contributed by atoms with E-state index < -0.39 is 0 Å². The molecule has 1 saturated heterocycles. The summed E-state index contributed by atoms with van der Waals surface area (Å²) in [4.78, 5) is 2.61. The van der Waals surface area contributed by atoms with Gasteiger partial charge in [-0.15, -0.1) is 0 Å². The minimum absolute atomic E-state index is 0.913. The third-order valence-electron chi connectivity index (χ3n) is 3.61. The Labute approximate surface area is 99.5 Å². The molecule has 1 aliphatic heterocycles. The topological polar surface area (TPSA) is 3.24 Å². The minimum Gasteiger partial charge on any atom is -0.303 e. The third-order valence-corrected chi connectivity index (χ3v) is 3.61. The first kappa shape index (κ1) is 11.7. The van der Waals surface area contributed by atoms with Crippen LogP contribution in [-0.2, 0) is 6.42 Å². The Balaban J connectivity index is 1.77. The maximum absolute atomic E-state index is 2.61. The fourth-order valence-corrected chi connectivity index (χ4v) is 2.68. The van der Waals surface area contributed by atoms with E-state index in [2.05, 4.69) is 42.2 Å². The first-order valence-electron chi connectivity index (χ1n) is 6.64. The van der Waals surface area contributed by atoms with Gasteiger partial charge in [-0.2, -0.15) is 0 Å². The number of piperidine rings is 1. The van der Waals surface area contributed by atoms with Gasteiger partial charge in [-0.1, -0.05) is 37.3 Å². The second kappa shape index (κ2) is 6.05. The van der Waals surface area contributed by atoms with Crippen molar-refractivity contribution in [2.75, 3.05) is 19.6 Å². The second-order valence-electron chi connectivity index (χ2n) is 4.97. The van der Waals surface area contributed by atoms with Gasteiger partial charge in [0.05, 0.1) is 0 Å². The van der Waals surface area contributed by atoms with Gasteiger partial charge in [-0.25, -0.2) is 0 Å². The molecule has 0 N–H and O–H groups in total. The van der Waals surface area contributed by atoms with Crippen LogP contribution < -0.4 is 0 Å². The largest absolute Gasteiger partial charge is 0.303 e. The van der Waals surface area contributed by atoms with Crippen LogP contribution in [0.2, 0.25) is 0 Å². The second-order valence-corrected chi connectivity index (χ2v) is 4.97. The third kappa shape index (κ3) is 3.34. The van der Waals surface area contributed by atoms with Gasteiger partial charge in [-0.05, 0) is 56.8 Å². The molecule has 0 bridgehead atoms. The fraction of sp³-hybridized carbons (Fsp3) is 0.600. The van der Waals surface area contributed by atoms with Crippen molar-refractivity contribution in [3.8, 4) is 0 Å². The van der Waals surface area contributed by atoms with Gasteiger partial charge in [0, 0.05) is 0 Å². The van der Waals surface area contributed by atoms with Gasteiger partial charge in [0.2, 0.25) is 0 Å².